The summed E-state index contributed by atoms with van der Waals surface area (Å²) >= 11 is 0. The van der Waals surface area contributed by atoms with E-state index >= 15 is 0 Å². The van der Waals surface area contributed by atoms with Crippen LogP contribution in [0.2, 0.25) is 0 Å². The Morgan fingerprint density at radius 3 is 2.18 bits per heavy atom. The van der Waals surface area contributed by atoms with Gasteiger partial charge in [0.15, 0.2) is 0 Å². The first-order valence-electron chi connectivity index (χ1n) is 9.07. The van der Waals surface area contributed by atoms with E-state index in [2.05, 4.69) is 32.6 Å². The van der Waals surface area contributed by atoms with Gasteiger partial charge in [-0.25, -0.2) is 8.78 Å². The molecule has 22 heavy (non-hydrogen) atoms. The van der Waals surface area contributed by atoms with Crippen molar-refractivity contribution in [3.8, 4) is 0 Å². The molecule has 0 aromatic rings. The Kier molecular flexibility index (Phi) is 4.31. The van der Waals surface area contributed by atoms with Crippen molar-refractivity contribution in [1.29, 1.82) is 0 Å². The summed E-state index contributed by atoms with van der Waals surface area (Å²) in [7, 11) is 0. The van der Waals surface area contributed by atoms with E-state index in [0.29, 0.717) is 31.5 Å². The minimum atomic E-state index is -2.52. The van der Waals surface area contributed by atoms with Crippen molar-refractivity contribution in [1.82, 2.24) is 9.80 Å². The van der Waals surface area contributed by atoms with Crippen LogP contribution in [0.5, 0.6) is 0 Å². The fourth-order valence-electron chi connectivity index (χ4n) is 4.61. The van der Waals surface area contributed by atoms with Gasteiger partial charge in [-0.15, -0.1) is 0 Å². The van der Waals surface area contributed by atoms with E-state index in [1.165, 1.54) is 12.8 Å². The normalized spacial score (nSPS) is 34.9. The van der Waals surface area contributed by atoms with E-state index in [9.17, 15) is 8.78 Å². The number of nitrogens with zero attached hydrogens (tertiary/aromatic N) is 2. The van der Waals surface area contributed by atoms with Gasteiger partial charge in [0.1, 0.15) is 0 Å². The van der Waals surface area contributed by atoms with Crippen LogP contribution in [0.25, 0.3) is 0 Å². The van der Waals surface area contributed by atoms with Gasteiger partial charge in [-0.05, 0) is 43.6 Å². The van der Waals surface area contributed by atoms with Gasteiger partial charge in [-0.1, -0.05) is 27.7 Å². The molecule has 2 aliphatic heterocycles. The Bertz CT molecular complexity index is 396. The van der Waals surface area contributed by atoms with Crippen LogP contribution in [0.3, 0.4) is 0 Å². The molecule has 3 rings (SSSR count). The smallest absolute Gasteiger partial charge is 0.268 e. The Balaban J connectivity index is 1.52. The number of halogens is 2. The van der Waals surface area contributed by atoms with Gasteiger partial charge in [0.25, 0.3) is 5.92 Å². The van der Waals surface area contributed by atoms with Crippen molar-refractivity contribution in [3.05, 3.63) is 0 Å². The molecule has 0 radical (unpaired) electrons. The first kappa shape index (κ1) is 16.6. The molecular weight excluding hydrogens is 282 g/mol. The van der Waals surface area contributed by atoms with Crippen molar-refractivity contribution >= 4 is 0 Å². The summed E-state index contributed by atoms with van der Waals surface area (Å²) in [5, 5.41) is 0. The van der Waals surface area contributed by atoms with Crippen LogP contribution in [0.4, 0.5) is 8.78 Å². The van der Waals surface area contributed by atoms with Crippen molar-refractivity contribution in [2.45, 2.75) is 58.9 Å². The van der Waals surface area contributed by atoms with Crippen LogP contribution in [0.15, 0.2) is 0 Å². The third kappa shape index (κ3) is 2.82. The minimum Gasteiger partial charge on any atom is -0.299 e. The molecule has 0 unspecified atom stereocenters. The van der Waals surface area contributed by atoms with Gasteiger partial charge in [0.05, 0.1) is 12.0 Å². The summed E-state index contributed by atoms with van der Waals surface area (Å²) in [6, 6.07) is 0.586. The average Bonchev–Trinajstić information content (AvgIpc) is 2.25. The van der Waals surface area contributed by atoms with E-state index in [1.54, 1.807) is 0 Å². The summed E-state index contributed by atoms with van der Waals surface area (Å²) in [5.41, 5.74) is -0.719. The van der Waals surface area contributed by atoms with Crippen LogP contribution in [-0.2, 0) is 0 Å². The first-order valence-corrected chi connectivity index (χ1v) is 9.07. The molecule has 2 saturated heterocycles. The lowest BCUT2D eigenvalue weighted by Gasteiger charge is -2.61. The molecule has 0 bridgehead atoms. The Morgan fingerprint density at radius 1 is 1.05 bits per heavy atom. The lowest BCUT2D eigenvalue weighted by atomic mass is 9.65. The quantitative estimate of drug-likeness (QED) is 0.780. The molecule has 1 spiro atoms. The van der Waals surface area contributed by atoms with E-state index in [1.807, 2.05) is 4.90 Å². The maximum Gasteiger partial charge on any atom is 0.268 e. The molecule has 0 N–H and O–H groups in total. The highest BCUT2D eigenvalue weighted by molar-refractivity contribution is 5.10. The second-order valence-corrected chi connectivity index (χ2v) is 8.90. The van der Waals surface area contributed by atoms with Crippen LogP contribution in [0.1, 0.15) is 47.0 Å². The van der Waals surface area contributed by atoms with Crippen LogP contribution in [-0.4, -0.2) is 54.5 Å². The fourth-order valence-corrected chi connectivity index (χ4v) is 4.61. The van der Waals surface area contributed by atoms with Crippen LogP contribution in [0, 0.1) is 23.2 Å². The molecular formula is C18H32F2N2. The number of rotatable bonds is 4. The van der Waals surface area contributed by atoms with Crippen molar-refractivity contribution in [2.24, 2.45) is 23.2 Å². The Labute approximate surface area is 134 Å². The lowest BCUT2D eigenvalue weighted by Crippen LogP contribution is -2.72. The fraction of sp³-hybridized carbons (Fsp3) is 1.00. The second-order valence-electron chi connectivity index (χ2n) is 8.90. The minimum absolute atomic E-state index is 0.0295. The predicted octanol–water partition coefficient (Wildman–Crippen LogP) is 3.72. The summed E-state index contributed by atoms with van der Waals surface area (Å²) in [5.74, 6) is -0.495. The molecule has 2 heterocycles. The largest absolute Gasteiger partial charge is 0.299 e. The lowest BCUT2D eigenvalue weighted by molar-refractivity contribution is -0.238. The molecule has 0 amide bonds. The number of alkyl halides is 2. The van der Waals surface area contributed by atoms with Gasteiger partial charge in [-0.3, -0.25) is 9.80 Å². The molecule has 1 aliphatic carbocycles. The summed E-state index contributed by atoms with van der Waals surface area (Å²) in [6.07, 6.45) is 3.11. The Morgan fingerprint density at radius 2 is 1.68 bits per heavy atom. The molecule has 3 fully saturated rings. The van der Waals surface area contributed by atoms with Crippen molar-refractivity contribution < 1.29 is 8.78 Å². The number of piperidine rings is 1. The van der Waals surface area contributed by atoms with Crippen LogP contribution >= 0.6 is 0 Å². The second kappa shape index (κ2) is 5.70. The maximum atomic E-state index is 14.7. The average molecular weight is 314 g/mol. The zero-order valence-corrected chi connectivity index (χ0v) is 14.6. The molecule has 3 aliphatic rings. The third-order valence-electron chi connectivity index (χ3n) is 6.35. The zero-order valence-electron chi connectivity index (χ0n) is 14.6. The Hall–Kier alpha value is -0.220. The number of hydrogen-bond donors (Lipinski definition) is 0. The van der Waals surface area contributed by atoms with Crippen molar-refractivity contribution in [2.75, 3.05) is 32.7 Å². The van der Waals surface area contributed by atoms with E-state index < -0.39 is 11.3 Å². The van der Waals surface area contributed by atoms with Gasteiger partial charge >= 0.3 is 0 Å². The SMILES string of the molecule is CC(C)CN1CCC2(CN(C3CC(C(C)C)C3)C2)C(F)(F)C1. The maximum absolute atomic E-state index is 14.7. The molecule has 4 heteroatoms. The van der Waals surface area contributed by atoms with Gasteiger partial charge in [0.2, 0.25) is 0 Å². The highest BCUT2D eigenvalue weighted by Gasteiger charge is 2.63. The predicted molar refractivity (Wildman–Crippen MR) is 86.2 cm³/mol. The molecule has 2 nitrogen and oxygen atoms in total. The first-order chi connectivity index (χ1) is 10.2. The standard InChI is InChI=1S/C18H32F2N2/c1-13(2)9-21-6-5-17(18(19,20)12-21)10-22(11-17)16-7-15(8-16)14(3)4/h13-16H,5-12H2,1-4H3. The summed E-state index contributed by atoms with van der Waals surface area (Å²) < 4.78 is 29.4. The number of likely N-dealkylation sites (tertiary alicyclic amines) is 2. The van der Waals surface area contributed by atoms with Crippen molar-refractivity contribution in [3.63, 3.8) is 0 Å². The monoisotopic (exact) mass is 314 g/mol. The summed E-state index contributed by atoms with van der Waals surface area (Å²) in [6.45, 7) is 11.6. The van der Waals surface area contributed by atoms with E-state index in [4.69, 9.17) is 0 Å². The topological polar surface area (TPSA) is 6.48 Å². The molecule has 0 atom stereocenters. The van der Waals surface area contributed by atoms with Crippen LogP contribution < -0.4 is 0 Å². The van der Waals surface area contributed by atoms with Gasteiger partial charge < -0.3 is 0 Å². The highest BCUT2D eigenvalue weighted by Crippen LogP contribution is 2.53. The van der Waals surface area contributed by atoms with E-state index in [-0.39, 0.29) is 6.54 Å². The molecule has 0 aromatic carbocycles. The molecule has 128 valence electrons. The van der Waals surface area contributed by atoms with Gasteiger partial charge in [0, 0.05) is 25.7 Å². The van der Waals surface area contributed by atoms with Gasteiger partial charge in [-0.2, -0.15) is 0 Å². The zero-order chi connectivity index (χ0) is 16.1. The third-order valence-corrected chi connectivity index (χ3v) is 6.35. The van der Waals surface area contributed by atoms with E-state index in [0.717, 1.165) is 24.9 Å². The summed E-state index contributed by atoms with van der Waals surface area (Å²) in [4.78, 5) is 4.31. The molecule has 1 saturated carbocycles. The number of hydrogen-bond acceptors (Lipinski definition) is 2. The highest BCUT2D eigenvalue weighted by atomic mass is 19.3. The molecule has 0 aromatic heterocycles.